The molecule has 0 aromatic rings. The standard InChI is InChI=1S/C10H17NO5/c1-5(2)6(12)9(3)10(16-9,7(11)13)8(14)15-4/h5-6,12H,1-4H3,(H2,11,13). The number of aliphatic hydroxyl groups excluding tert-OH is 1. The van der Waals surface area contributed by atoms with Gasteiger partial charge in [-0.3, -0.25) is 4.79 Å². The molecule has 0 aliphatic carbocycles. The van der Waals surface area contributed by atoms with Gasteiger partial charge in [0, 0.05) is 0 Å². The summed E-state index contributed by atoms with van der Waals surface area (Å²) in [5.74, 6) is -1.99. The number of esters is 1. The van der Waals surface area contributed by atoms with Crippen LogP contribution in [0.1, 0.15) is 20.8 Å². The van der Waals surface area contributed by atoms with Crippen molar-refractivity contribution >= 4 is 11.9 Å². The zero-order chi connectivity index (χ0) is 12.7. The lowest BCUT2D eigenvalue weighted by molar-refractivity contribution is -0.151. The summed E-state index contributed by atoms with van der Waals surface area (Å²) < 4.78 is 9.62. The lowest BCUT2D eigenvalue weighted by Crippen LogP contribution is -2.50. The molecule has 0 aromatic carbocycles. The number of aliphatic hydroxyl groups is 1. The number of nitrogens with two attached hydrogens (primary N) is 1. The Kier molecular flexibility index (Phi) is 3.00. The molecular weight excluding hydrogens is 214 g/mol. The topological polar surface area (TPSA) is 102 Å². The molecule has 1 amide bonds. The van der Waals surface area contributed by atoms with Crippen molar-refractivity contribution in [1.29, 1.82) is 0 Å². The molecule has 1 saturated heterocycles. The van der Waals surface area contributed by atoms with Crippen molar-refractivity contribution in [2.75, 3.05) is 7.11 Å². The Bertz CT molecular complexity index is 329. The average Bonchev–Trinajstić information content (AvgIpc) is 2.85. The van der Waals surface area contributed by atoms with Crippen molar-refractivity contribution in [2.24, 2.45) is 11.7 Å². The summed E-state index contributed by atoms with van der Waals surface area (Å²) in [6, 6.07) is 0. The monoisotopic (exact) mass is 231 g/mol. The fourth-order valence-corrected chi connectivity index (χ4v) is 1.98. The van der Waals surface area contributed by atoms with Crippen molar-refractivity contribution in [3.63, 3.8) is 0 Å². The number of carbonyl (C=O) groups excluding carboxylic acids is 2. The van der Waals surface area contributed by atoms with Crippen LogP contribution in [0.4, 0.5) is 0 Å². The van der Waals surface area contributed by atoms with Crippen molar-refractivity contribution < 1.29 is 24.2 Å². The van der Waals surface area contributed by atoms with Crippen LogP contribution in [0.25, 0.3) is 0 Å². The van der Waals surface area contributed by atoms with Crippen LogP contribution >= 0.6 is 0 Å². The summed E-state index contributed by atoms with van der Waals surface area (Å²) in [6.07, 6.45) is -0.973. The van der Waals surface area contributed by atoms with Gasteiger partial charge >= 0.3 is 5.97 Å². The third kappa shape index (κ3) is 1.41. The van der Waals surface area contributed by atoms with Gasteiger partial charge < -0.3 is 20.3 Å². The molecule has 1 rings (SSSR count). The van der Waals surface area contributed by atoms with Gasteiger partial charge in [-0.25, -0.2) is 4.79 Å². The minimum Gasteiger partial charge on any atom is -0.466 e. The molecular formula is C10H17NO5. The van der Waals surface area contributed by atoms with E-state index in [1.807, 2.05) is 0 Å². The summed E-state index contributed by atoms with van der Waals surface area (Å²) in [4.78, 5) is 22.8. The number of epoxide rings is 1. The molecule has 1 aliphatic rings. The highest BCUT2D eigenvalue weighted by atomic mass is 16.7. The van der Waals surface area contributed by atoms with E-state index in [0.717, 1.165) is 7.11 Å². The van der Waals surface area contributed by atoms with Gasteiger partial charge in [-0.05, 0) is 12.8 Å². The van der Waals surface area contributed by atoms with E-state index < -0.39 is 29.2 Å². The molecule has 1 heterocycles. The van der Waals surface area contributed by atoms with Gasteiger partial charge in [0.25, 0.3) is 11.5 Å². The van der Waals surface area contributed by atoms with E-state index in [9.17, 15) is 14.7 Å². The number of hydrogen-bond acceptors (Lipinski definition) is 5. The summed E-state index contributed by atoms with van der Waals surface area (Å²) >= 11 is 0. The normalized spacial score (nSPS) is 34.6. The lowest BCUT2D eigenvalue weighted by atomic mass is 9.84. The van der Waals surface area contributed by atoms with E-state index in [4.69, 9.17) is 10.5 Å². The molecule has 16 heavy (non-hydrogen) atoms. The number of primary amides is 1. The van der Waals surface area contributed by atoms with Gasteiger partial charge in [0.15, 0.2) is 0 Å². The van der Waals surface area contributed by atoms with Crippen molar-refractivity contribution in [1.82, 2.24) is 0 Å². The van der Waals surface area contributed by atoms with Crippen LogP contribution in [0.3, 0.4) is 0 Å². The quantitative estimate of drug-likeness (QED) is 0.374. The minimum atomic E-state index is -1.86. The van der Waals surface area contributed by atoms with Gasteiger partial charge in [0.05, 0.1) is 13.2 Å². The molecule has 3 N–H and O–H groups in total. The smallest absolute Gasteiger partial charge is 0.351 e. The highest BCUT2D eigenvalue weighted by Crippen LogP contribution is 2.52. The van der Waals surface area contributed by atoms with Gasteiger partial charge in [-0.15, -0.1) is 0 Å². The first-order valence-corrected chi connectivity index (χ1v) is 5.00. The molecule has 1 aliphatic heterocycles. The maximum absolute atomic E-state index is 11.5. The Balaban J connectivity index is 3.05. The Morgan fingerprint density at radius 1 is 1.44 bits per heavy atom. The van der Waals surface area contributed by atoms with Crippen molar-refractivity contribution in [3.8, 4) is 0 Å². The molecule has 6 nitrogen and oxygen atoms in total. The van der Waals surface area contributed by atoms with Crippen LogP contribution in [0, 0.1) is 5.92 Å². The van der Waals surface area contributed by atoms with Crippen LogP contribution in [0.5, 0.6) is 0 Å². The second kappa shape index (κ2) is 3.71. The average molecular weight is 231 g/mol. The summed E-state index contributed by atoms with van der Waals surface area (Å²) in [5, 5.41) is 9.91. The van der Waals surface area contributed by atoms with E-state index in [2.05, 4.69) is 4.74 Å². The van der Waals surface area contributed by atoms with Gasteiger partial charge in [-0.1, -0.05) is 13.8 Å². The molecule has 0 radical (unpaired) electrons. The summed E-state index contributed by atoms with van der Waals surface area (Å²) in [6.45, 7) is 4.97. The Labute approximate surface area is 93.7 Å². The molecule has 0 aromatic heterocycles. The first-order valence-electron chi connectivity index (χ1n) is 5.00. The maximum atomic E-state index is 11.5. The number of methoxy groups -OCH3 is 1. The van der Waals surface area contributed by atoms with Crippen LogP contribution < -0.4 is 5.73 Å². The summed E-state index contributed by atoms with van der Waals surface area (Å²) in [5.41, 5.74) is 1.99. The highest BCUT2D eigenvalue weighted by Gasteiger charge is 2.80. The van der Waals surface area contributed by atoms with Gasteiger partial charge in [0.2, 0.25) is 0 Å². The molecule has 0 spiro atoms. The number of ether oxygens (including phenoxy) is 2. The number of rotatable bonds is 4. The maximum Gasteiger partial charge on any atom is 0.351 e. The van der Waals surface area contributed by atoms with Gasteiger partial charge in [0.1, 0.15) is 5.60 Å². The van der Waals surface area contributed by atoms with Crippen molar-refractivity contribution in [3.05, 3.63) is 0 Å². The van der Waals surface area contributed by atoms with Gasteiger partial charge in [-0.2, -0.15) is 0 Å². The molecule has 0 bridgehead atoms. The predicted octanol–water partition coefficient (Wildman–Crippen LogP) is -0.811. The zero-order valence-electron chi connectivity index (χ0n) is 9.81. The minimum absolute atomic E-state index is 0.170. The first kappa shape index (κ1) is 12.9. The molecule has 1 fully saturated rings. The third-order valence-corrected chi connectivity index (χ3v) is 3.04. The predicted molar refractivity (Wildman–Crippen MR) is 54.3 cm³/mol. The molecule has 3 atom stereocenters. The van der Waals surface area contributed by atoms with Crippen LogP contribution in [-0.2, 0) is 19.1 Å². The molecule has 6 heteroatoms. The zero-order valence-corrected chi connectivity index (χ0v) is 9.81. The highest BCUT2D eigenvalue weighted by molar-refractivity contribution is 6.10. The van der Waals surface area contributed by atoms with Crippen molar-refractivity contribution in [2.45, 2.75) is 38.1 Å². The fourth-order valence-electron chi connectivity index (χ4n) is 1.98. The van der Waals surface area contributed by atoms with E-state index in [-0.39, 0.29) is 5.92 Å². The molecule has 0 saturated carbocycles. The largest absolute Gasteiger partial charge is 0.466 e. The second-order valence-corrected chi connectivity index (χ2v) is 4.43. The fraction of sp³-hybridized carbons (Fsp3) is 0.800. The number of hydrogen-bond donors (Lipinski definition) is 2. The van der Waals surface area contributed by atoms with E-state index in [0.29, 0.717) is 0 Å². The molecule has 3 unspecified atom stereocenters. The Morgan fingerprint density at radius 3 is 2.25 bits per heavy atom. The SMILES string of the molecule is COC(=O)C1(C(N)=O)OC1(C)C(O)C(C)C. The third-order valence-electron chi connectivity index (χ3n) is 3.04. The number of amides is 1. The molecule has 92 valence electrons. The lowest BCUT2D eigenvalue weighted by Gasteiger charge is -2.21. The number of carbonyl (C=O) groups is 2. The van der Waals surface area contributed by atoms with E-state index in [1.54, 1.807) is 13.8 Å². The van der Waals surface area contributed by atoms with Crippen LogP contribution in [0.2, 0.25) is 0 Å². The summed E-state index contributed by atoms with van der Waals surface area (Å²) in [7, 11) is 1.14. The van der Waals surface area contributed by atoms with E-state index in [1.165, 1.54) is 6.92 Å². The van der Waals surface area contributed by atoms with Crippen LogP contribution in [0.15, 0.2) is 0 Å². The van der Waals surface area contributed by atoms with E-state index >= 15 is 0 Å². The Hall–Kier alpha value is -1.14. The van der Waals surface area contributed by atoms with Crippen LogP contribution in [-0.4, -0.2) is 41.4 Å². The Morgan fingerprint density at radius 2 is 1.94 bits per heavy atom. The second-order valence-electron chi connectivity index (χ2n) is 4.43. The first-order chi connectivity index (χ1) is 7.24.